The molecule has 0 bridgehead atoms. The number of aromatic nitrogens is 4. The predicted molar refractivity (Wildman–Crippen MR) is 79.2 cm³/mol. The maximum Gasteiger partial charge on any atom is 0.148 e. The van der Waals surface area contributed by atoms with Gasteiger partial charge in [0, 0.05) is 30.9 Å². The Morgan fingerprint density at radius 3 is 2.60 bits per heavy atom. The number of nitrogen functional groups attached to an aromatic ring is 1. The van der Waals surface area contributed by atoms with E-state index in [0.717, 1.165) is 23.5 Å². The molecule has 0 amide bonds. The molecule has 0 atom stereocenters. The molecule has 0 spiro atoms. The Bertz CT molecular complexity index is 603. The molecule has 7 nitrogen and oxygen atoms in total. The summed E-state index contributed by atoms with van der Waals surface area (Å²) >= 11 is 0. The molecule has 0 aliphatic carbocycles. The quantitative estimate of drug-likeness (QED) is 0.562. The summed E-state index contributed by atoms with van der Waals surface area (Å²) in [6.45, 7) is 6.55. The number of nitrogens with zero attached hydrogens (tertiary/aromatic N) is 4. The van der Waals surface area contributed by atoms with Crippen LogP contribution in [0.2, 0.25) is 0 Å². The predicted octanol–water partition coefficient (Wildman–Crippen LogP) is 1.29. The van der Waals surface area contributed by atoms with Gasteiger partial charge in [-0.05, 0) is 20.3 Å². The van der Waals surface area contributed by atoms with Gasteiger partial charge in [-0.1, -0.05) is 6.92 Å². The Labute approximate surface area is 118 Å². The van der Waals surface area contributed by atoms with Crippen LogP contribution in [-0.4, -0.2) is 19.7 Å². The molecule has 0 aliphatic heterocycles. The van der Waals surface area contributed by atoms with Crippen LogP contribution < -0.4 is 16.6 Å². The van der Waals surface area contributed by atoms with Gasteiger partial charge in [0.05, 0.1) is 5.69 Å². The van der Waals surface area contributed by atoms with Crippen molar-refractivity contribution in [2.75, 3.05) is 10.7 Å². The molecular weight excluding hydrogens is 254 g/mol. The van der Waals surface area contributed by atoms with Crippen molar-refractivity contribution in [1.29, 1.82) is 0 Å². The molecular formula is C13H21N7. The zero-order valence-corrected chi connectivity index (χ0v) is 12.4. The van der Waals surface area contributed by atoms with Gasteiger partial charge >= 0.3 is 0 Å². The fraction of sp³-hybridized carbons (Fsp3) is 0.462. The Kier molecular flexibility index (Phi) is 4.19. The first kappa shape index (κ1) is 14.3. The molecule has 20 heavy (non-hydrogen) atoms. The van der Waals surface area contributed by atoms with Crippen molar-refractivity contribution in [3.63, 3.8) is 0 Å². The second-order valence-electron chi connectivity index (χ2n) is 4.72. The summed E-state index contributed by atoms with van der Waals surface area (Å²) < 4.78 is 1.83. The zero-order valence-electron chi connectivity index (χ0n) is 12.4. The normalized spacial score (nSPS) is 10.7. The van der Waals surface area contributed by atoms with E-state index < -0.39 is 0 Å². The van der Waals surface area contributed by atoms with Crippen LogP contribution in [0.4, 0.5) is 11.6 Å². The first-order valence-corrected chi connectivity index (χ1v) is 6.62. The summed E-state index contributed by atoms with van der Waals surface area (Å²) in [5, 5.41) is 7.76. The smallest absolute Gasteiger partial charge is 0.148 e. The number of anilines is 2. The van der Waals surface area contributed by atoms with Gasteiger partial charge in [-0.25, -0.2) is 15.8 Å². The molecule has 4 N–H and O–H groups in total. The third-order valence-corrected chi connectivity index (χ3v) is 3.17. The van der Waals surface area contributed by atoms with E-state index in [1.54, 1.807) is 0 Å². The van der Waals surface area contributed by atoms with Crippen molar-refractivity contribution >= 4 is 11.6 Å². The van der Waals surface area contributed by atoms with Crippen LogP contribution >= 0.6 is 0 Å². The lowest BCUT2D eigenvalue weighted by Crippen LogP contribution is -2.14. The van der Waals surface area contributed by atoms with Crippen LogP contribution in [0.1, 0.15) is 29.6 Å². The number of hydrazine groups is 1. The lowest BCUT2D eigenvalue weighted by molar-refractivity contribution is 0.746. The van der Waals surface area contributed by atoms with Crippen molar-refractivity contribution in [1.82, 2.24) is 19.7 Å². The summed E-state index contributed by atoms with van der Waals surface area (Å²) in [4.78, 5) is 8.65. The molecule has 108 valence electrons. The zero-order chi connectivity index (χ0) is 14.7. The molecule has 7 heteroatoms. The van der Waals surface area contributed by atoms with Crippen LogP contribution in [0.3, 0.4) is 0 Å². The molecule has 0 radical (unpaired) electrons. The van der Waals surface area contributed by atoms with E-state index in [1.807, 2.05) is 31.8 Å². The molecule has 0 saturated heterocycles. The Morgan fingerprint density at radius 2 is 1.95 bits per heavy atom. The number of hydrogen-bond acceptors (Lipinski definition) is 6. The fourth-order valence-electron chi connectivity index (χ4n) is 2.15. The highest BCUT2D eigenvalue weighted by Crippen LogP contribution is 2.20. The molecule has 0 unspecified atom stereocenters. The van der Waals surface area contributed by atoms with Gasteiger partial charge in [0.15, 0.2) is 0 Å². The Morgan fingerprint density at radius 1 is 1.25 bits per heavy atom. The van der Waals surface area contributed by atoms with Gasteiger partial charge in [-0.3, -0.25) is 4.68 Å². The highest BCUT2D eigenvalue weighted by molar-refractivity contribution is 5.56. The number of hydrogen-bond donors (Lipinski definition) is 3. The number of nitrogens with one attached hydrogen (secondary N) is 2. The molecule has 2 rings (SSSR count). The minimum atomic E-state index is 0.641. The van der Waals surface area contributed by atoms with Crippen molar-refractivity contribution < 1.29 is 0 Å². The van der Waals surface area contributed by atoms with Gasteiger partial charge in [0.25, 0.3) is 0 Å². The number of aryl methyl sites for hydroxylation is 3. The van der Waals surface area contributed by atoms with Crippen LogP contribution in [0, 0.1) is 13.8 Å². The van der Waals surface area contributed by atoms with Gasteiger partial charge in [0.2, 0.25) is 0 Å². The SMILES string of the molecule is CCc1nn(C)cc1CNc1nc(C)nc(NN)c1C. The van der Waals surface area contributed by atoms with Crippen molar-refractivity contribution in [2.45, 2.75) is 33.7 Å². The van der Waals surface area contributed by atoms with Gasteiger partial charge in [-0.2, -0.15) is 5.10 Å². The van der Waals surface area contributed by atoms with Crippen molar-refractivity contribution in [3.05, 3.63) is 28.8 Å². The molecule has 0 aliphatic rings. The summed E-state index contributed by atoms with van der Waals surface area (Å²) in [6.07, 6.45) is 2.94. The average Bonchev–Trinajstić information content (AvgIpc) is 2.79. The van der Waals surface area contributed by atoms with E-state index in [-0.39, 0.29) is 0 Å². The molecule has 0 aromatic carbocycles. The van der Waals surface area contributed by atoms with E-state index in [1.165, 1.54) is 5.56 Å². The van der Waals surface area contributed by atoms with Crippen molar-refractivity contribution in [2.24, 2.45) is 12.9 Å². The van der Waals surface area contributed by atoms with E-state index in [4.69, 9.17) is 5.84 Å². The Hall–Kier alpha value is -2.15. The highest BCUT2D eigenvalue weighted by atomic mass is 15.3. The molecule has 2 heterocycles. The first-order chi connectivity index (χ1) is 9.55. The average molecular weight is 275 g/mol. The van der Waals surface area contributed by atoms with E-state index in [2.05, 4.69) is 32.7 Å². The van der Waals surface area contributed by atoms with Crippen LogP contribution in [0.15, 0.2) is 6.20 Å². The van der Waals surface area contributed by atoms with Crippen LogP contribution in [0.25, 0.3) is 0 Å². The second-order valence-corrected chi connectivity index (χ2v) is 4.72. The Balaban J connectivity index is 2.20. The minimum Gasteiger partial charge on any atom is -0.365 e. The second kappa shape index (κ2) is 5.87. The summed E-state index contributed by atoms with van der Waals surface area (Å²) in [7, 11) is 1.93. The maximum atomic E-state index is 5.46. The summed E-state index contributed by atoms with van der Waals surface area (Å²) in [5.74, 6) is 7.57. The van der Waals surface area contributed by atoms with Gasteiger partial charge in [0.1, 0.15) is 17.5 Å². The number of rotatable bonds is 5. The largest absolute Gasteiger partial charge is 0.365 e. The van der Waals surface area contributed by atoms with Gasteiger partial charge < -0.3 is 10.7 Å². The van der Waals surface area contributed by atoms with Crippen LogP contribution in [-0.2, 0) is 20.0 Å². The van der Waals surface area contributed by atoms with Gasteiger partial charge in [-0.15, -0.1) is 0 Å². The lowest BCUT2D eigenvalue weighted by Gasteiger charge is -2.12. The maximum absolute atomic E-state index is 5.46. The summed E-state index contributed by atoms with van der Waals surface area (Å²) in [6, 6.07) is 0. The van der Waals surface area contributed by atoms with Crippen LogP contribution in [0.5, 0.6) is 0 Å². The minimum absolute atomic E-state index is 0.641. The lowest BCUT2D eigenvalue weighted by atomic mass is 10.2. The van der Waals surface area contributed by atoms with Crippen molar-refractivity contribution in [3.8, 4) is 0 Å². The third kappa shape index (κ3) is 2.88. The molecule has 2 aromatic rings. The van der Waals surface area contributed by atoms with E-state index in [0.29, 0.717) is 18.2 Å². The fourth-order valence-corrected chi connectivity index (χ4v) is 2.15. The standard InChI is InChI=1S/C13H21N7/c1-5-11-10(7-20(4)19-11)6-15-12-8(2)13(18-14)17-9(3)16-12/h7H,5-6,14H2,1-4H3,(H2,15,16,17,18). The van der Waals surface area contributed by atoms with E-state index >= 15 is 0 Å². The molecule has 2 aromatic heterocycles. The first-order valence-electron chi connectivity index (χ1n) is 6.62. The number of nitrogens with two attached hydrogens (primary N) is 1. The third-order valence-electron chi connectivity index (χ3n) is 3.17. The highest BCUT2D eigenvalue weighted by Gasteiger charge is 2.10. The topological polar surface area (TPSA) is 93.7 Å². The monoisotopic (exact) mass is 275 g/mol. The molecule has 0 saturated carbocycles. The van der Waals surface area contributed by atoms with E-state index in [9.17, 15) is 0 Å². The summed E-state index contributed by atoms with van der Waals surface area (Å²) in [5.41, 5.74) is 5.77. The molecule has 0 fully saturated rings.